The summed E-state index contributed by atoms with van der Waals surface area (Å²) in [5.74, 6) is -0.218. The third kappa shape index (κ3) is 8.87. The standard InChI is InChI=1S/C10H19N3O2.C10H18N2O3/c1-10(2,3)8(14)11-4-6-13-7-5-12-9(13)15;1-10(2,3)8(13)15-7-6-12-5-4-11-9(12)14/h4-7H2,1-3H3,(H,11,14)(H,12,15);4-7H2,1-3H3,(H,11,14). The van der Waals surface area contributed by atoms with Crippen molar-refractivity contribution < 1.29 is 23.9 Å². The summed E-state index contributed by atoms with van der Waals surface area (Å²) < 4.78 is 5.06. The molecule has 2 rings (SSSR count). The third-order valence-electron chi connectivity index (χ3n) is 4.45. The molecular weight excluding hydrogens is 390 g/mol. The smallest absolute Gasteiger partial charge is 0.317 e. The molecule has 0 aromatic heterocycles. The molecule has 10 nitrogen and oxygen atoms in total. The molecule has 0 aromatic carbocycles. The first-order chi connectivity index (χ1) is 13.8. The lowest BCUT2D eigenvalue weighted by atomic mass is 9.96. The molecule has 2 saturated heterocycles. The number of hydrogen-bond donors (Lipinski definition) is 3. The van der Waals surface area contributed by atoms with Crippen LogP contribution in [-0.2, 0) is 14.3 Å². The highest BCUT2D eigenvalue weighted by atomic mass is 16.5. The zero-order valence-electron chi connectivity index (χ0n) is 19.1. The van der Waals surface area contributed by atoms with Gasteiger partial charge >= 0.3 is 18.0 Å². The van der Waals surface area contributed by atoms with Gasteiger partial charge in [0.2, 0.25) is 5.91 Å². The Morgan fingerprint density at radius 3 is 1.80 bits per heavy atom. The van der Waals surface area contributed by atoms with E-state index in [1.54, 1.807) is 30.6 Å². The van der Waals surface area contributed by atoms with Crippen LogP contribution in [0, 0.1) is 10.8 Å². The predicted molar refractivity (Wildman–Crippen MR) is 113 cm³/mol. The number of nitrogens with zero attached hydrogens (tertiary/aromatic N) is 2. The summed E-state index contributed by atoms with van der Waals surface area (Å²) >= 11 is 0. The van der Waals surface area contributed by atoms with Crippen LogP contribution in [0.5, 0.6) is 0 Å². The third-order valence-corrected chi connectivity index (χ3v) is 4.45. The Hall–Kier alpha value is -2.52. The molecule has 2 aliphatic rings. The number of urea groups is 2. The second-order valence-electron chi connectivity index (χ2n) is 9.33. The predicted octanol–water partition coefficient (Wildman–Crippen LogP) is 0.775. The van der Waals surface area contributed by atoms with Crippen LogP contribution in [0.1, 0.15) is 41.5 Å². The summed E-state index contributed by atoms with van der Waals surface area (Å²) in [6, 6.07) is -0.123. The average Bonchev–Trinajstić information content (AvgIpc) is 3.22. The van der Waals surface area contributed by atoms with Crippen molar-refractivity contribution in [2.75, 3.05) is 52.4 Å². The number of hydrogen-bond acceptors (Lipinski definition) is 5. The Kier molecular flexibility index (Phi) is 9.38. The monoisotopic (exact) mass is 427 g/mol. The maximum Gasteiger partial charge on any atom is 0.317 e. The van der Waals surface area contributed by atoms with Crippen LogP contribution < -0.4 is 16.0 Å². The van der Waals surface area contributed by atoms with Crippen molar-refractivity contribution in [3.63, 3.8) is 0 Å². The van der Waals surface area contributed by atoms with Crippen LogP contribution in [-0.4, -0.2) is 86.2 Å². The van der Waals surface area contributed by atoms with Crippen LogP contribution in [0.2, 0.25) is 0 Å². The molecule has 30 heavy (non-hydrogen) atoms. The maximum absolute atomic E-state index is 11.5. The van der Waals surface area contributed by atoms with Gasteiger partial charge in [-0.15, -0.1) is 0 Å². The van der Waals surface area contributed by atoms with Crippen molar-refractivity contribution in [1.29, 1.82) is 0 Å². The molecule has 10 heteroatoms. The molecule has 172 valence electrons. The Labute approximate surface area is 179 Å². The molecule has 0 atom stereocenters. The first-order valence-electron chi connectivity index (χ1n) is 10.3. The molecular formula is C20H37N5O5. The highest BCUT2D eigenvalue weighted by Gasteiger charge is 2.25. The SMILES string of the molecule is CC(C)(C)C(=O)NCCN1CCNC1=O.CC(C)(C)C(=O)OCCN1CCNC1=O. The van der Waals surface area contributed by atoms with Gasteiger partial charge in [-0.3, -0.25) is 9.59 Å². The molecule has 0 aromatic rings. The van der Waals surface area contributed by atoms with Crippen LogP contribution in [0.3, 0.4) is 0 Å². The summed E-state index contributed by atoms with van der Waals surface area (Å²) in [5.41, 5.74) is -0.847. The first-order valence-corrected chi connectivity index (χ1v) is 10.3. The van der Waals surface area contributed by atoms with E-state index >= 15 is 0 Å². The fourth-order valence-corrected chi connectivity index (χ4v) is 2.48. The van der Waals surface area contributed by atoms with E-state index in [4.69, 9.17) is 4.74 Å². The molecule has 0 unspecified atom stereocenters. The van der Waals surface area contributed by atoms with Crippen molar-refractivity contribution in [2.24, 2.45) is 10.8 Å². The summed E-state index contributed by atoms with van der Waals surface area (Å²) in [5, 5.41) is 8.21. The molecule has 0 radical (unpaired) electrons. The van der Waals surface area contributed by atoms with Gasteiger partial charge in [-0.2, -0.15) is 0 Å². The molecule has 0 bridgehead atoms. The van der Waals surface area contributed by atoms with E-state index in [9.17, 15) is 19.2 Å². The molecule has 0 spiro atoms. The van der Waals surface area contributed by atoms with E-state index in [1.807, 2.05) is 20.8 Å². The van der Waals surface area contributed by atoms with Crippen molar-refractivity contribution >= 4 is 23.9 Å². The minimum Gasteiger partial charge on any atom is -0.463 e. The van der Waals surface area contributed by atoms with Gasteiger partial charge in [0, 0.05) is 44.7 Å². The Bertz CT molecular complexity index is 570. The van der Waals surface area contributed by atoms with Crippen molar-refractivity contribution in [2.45, 2.75) is 41.5 Å². The minimum absolute atomic E-state index is 0.0158. The topological polar surface area (TPSA) is 120 Å². The number of amides is 5. The first kappa shape index (κ1) is 25.5. The Morgan fingerprint density at radius 2 is 1.40 bits per heavy atom. The fraction of sp³-hybridized carbons (Fsp3) is 0.800. The van der Waals surface area contributed by atoms with Crippen molar-refractivity contribution in [3.8, 4) is 0 Å². The lowest BCUT2D eigenvalue weighted by Gasteiger charge is -2.19. The summed E-state index contributed by atoms with van der Waals surface area (Å²) in [6.07, 6.45) is 0. The molecule has 2 heterocycles. The molecule has 2 aliphatic heterocycles. The van der Waals surface area contributed by atoms with Gasteiger partial charge in [0.25, 0.3) is 0 Å². The van der Waals surface area contributed by atoms with E-state index in [1.165, 1.54) is 0 Å². The van der Waals surface area contributed by atoms with Gasteiger partial charge in [0.15, 0.2) is 0 Å². The Morgan fingerprint density at radius 1 is 0.900 bits per heavy atom. The number of ether oxygens (including phenoxy) is 1. The van der Waals surface area contributed by atoms with Crippen molar-refractivity contribution in [1.82, 2.24) is 25.8 Å². The molecule has 0 saturated carbocycles. The normalized spacial score (nSPS) is 16.5. The molecule has 5 amide bonds. The van der Waals surface area contributed by atoms with Gasteiger partial charge in [0.05, 0.1) is 12.0 Å². The van der Waals surface area contributed by atoms with Gasteiger partial charge in [-0.25, -0.2) is 9.59 Å². The fourth-order valence-electron chi connectivity index (χ4n) is 2.48. The lowest BCUT2D eigenvalue weighted by molar-refractivity contribution is -0.153. The van der Waals surface area contributed by atoms with Gasteiger partial charge in [-0.1, -0.05) is 20.8 Å². The maximum atomic E-state index is 11.5. The van der Waals surface area contributed by atoms with Crippen LogP contribution in [0.25, 0.3) is 0 Å². The average molecular weight is 428 g/mol. The quantitative estimate of drug-likeness (QED) is 0.541. The minimum atomic E-state index is -0.479. The number of carbonyl (C=O) groups excluding carboxylic acids is 4. The van der Waals surface area contributed by atoms with E-state index < -0.39 is 5.41 Å². The number of nitrogens with one attached hydrogen (secondary N) is 3. The summed E-state index contributed by atoms with van der Waals surface area (Å²) in [7, 11) is 0. The van der Waals surface area contributed by atoms with E-state index in [2.05, 4.69) is 16.0 Å². The Balaban J connectivity index is 0.000000300. The number of carbonyl (C=O) groups is 4. The van der Waals surface area contributed by atoms with Gasteiger partial charge < -0.3 is 30.5 Å². The number of rotatable bonds is 6. The highest BCUT2D eigenvalue weighted by molar-refractivity contribution is 5.81. The zero-order chi connectivity index (χ0) is 22.9. The van der Waals surface area contributed by atoms with Crippen LogP contribution >= 0.6 is 0 Å². The van der Waals surface area contributed by atoms with E-state index in [0.29, 0.717) is 39.3 Å². The number of esters is 1. The zero-order valence-corrected chi connectivity index (χ0v) is 19.1. The van der Waals surface area contributed by atoms with Crippen LogP contribution in [0.15, 0.2) is 0 Å². The van der Waals surface area contributed by atoms with Crippen molar-refractivity contribution in [3.05, 3.63) is 0 Å². The van der Waals surface area contributed by atoms with Crippen LogP contribution in [0.4, 0.5) is 9.59 Å². The second kappa shape index (κ2) is 11.0. The van der Waals surface area contributed by atoms with Gasteiger partial charge in [0.1, 0.15) is 6.61 Å². The molecule has 0 aliphatic carbocycles. The molecule has 3 N–H and O–H groups in total. The van der Waals surface area contributed by atoms with Gasteiger partial charge in [-0.05, 0) is 20.8 Å². The van der Waals surface area contributed by atoms with E-state index in [0.717, 1.165) is 6.54 Å². The highest BCUT2D eigenvalue weighted by Crippen LogP contribution is 2.15. The van der Waals surface area contributed by atoms with E-state index in [-0.39, 0.29) is 36.0 Å². The molecule has 2 fully saturated rings. The summed E-state index contributed by atoms with van der Waals surface area (Å²) in [4.78, 5) is 48.5. The lowest BCUT2D eigenvalue weighted by Crippen LogP contribution is -2.40. The summed E-state index contributed by atoms with van der Waals surface area (Å²) in [6.45, 7) is 15.6. The second-order valence-corrected chi connectivity index (χ2v) is 9.33. The largest absolute Gasteiger partial charge is 0.463 e.